The van der Waals surface area contributed by atoms with Gasteiger partial charge in [0.05, 0.1) is 18.6 Å². The third-order valence-corrected chi connectivity index (χ3v) is 8.11. The quantitative estimate of drug-likeness (QED) is 0.455. The van der Waals surface area contributed by atoms with Gasteiger partial charge in [0.15, 0.2) is 0 Å². The number of hydrogen-bond acceptors (Lipinski definition) is 4. The Kier molecular flexibility index (Phi) is 5.46. The van der Waals surface area contributed by atoms with Crippen molar-refractivity contribution in [2.24, 2.45) is 0 Å². The van der Waals surface area contributed by atoms with Gasteiger partial charge < -0.3 is 9.47 Å². The fourth-order valence-corrected chi connectivity index (χ4v) is 5.98. The van der Waals surface area contributed by atoms with Crippen molar-refractivity contribution < 1.29 is 19.1 Å². The Balaban J connectivity index is 1.63. The van der Waals surface area contributed by atoms with E-state index in [0.717, 1.165) is 11.1 Å². The van der Waals surface area contributed by atoms with E-state index in [1.165, 1.54) is 22.3 Å². The van der Waals surface area contributed by atoms with Gasteiger partial charge in [-0.1, -0.05) is 76.2 Å². The first-order valence-corrected chi connectivity index (χ1v) is 12.2. The maximum Gasteiger partial charge on any atom is 0.148 e. The van der Waals surface area contributed by atoms with Crippen LogP contribution in [0, 0.1) is 6.92 Å². The number of hydrogen-bond donors (Lipinski definition) is 0. The molecule has 1 saturated carbocycles. The number of ether oxygens (including phenoxy) is 2. The largest absolute Gasteiger partial charge is 0.354 e. The highest BCUT2D eigenvalue weighted by Gasteiger charge is 2.42. The van der Waals surface area contributed by atoms with Crippen molar-refractivity contribution >= 4 is 11.6 Å². The Morgan fingerprint density at radius 3 is 1.85 bits per heavy atom. The second-order valence-electron chi connectivity index (χ2n) is 11.4. The van der Waals surface area contributed by atoms with E-state index < -0.39 is 11.3 Å². The molecule has 2 aromatic carbocycles. The third kappa shape index (κ3) is 3.59. The minimum absolute atomic E-state index is 0.0249. The molecule has 178 valence electrons. The molecule has 0 bridgehead atoms. The fraction of sp³-hybridized carbons (Fsp3) is 0.467. The molecule has 2 fully saturated rings. The molecule has 0 aromatic heterocycles. The van der Waals surface area contributed by atoms with Crippen LogP contribution < -0.4 is 0 Å². The summed E-state index contributed by atoms with van der Waals surface area (Å²) in [7, 11) is 0. The number of fused-ring (bicyclic) bond motifs is 1. The van der Waals surface area contributed by atoms with Gasteiger partial charge in [0, 0.05) is 23.7 Å². The standard InChI is InChI=1S/C30H34O4/c1-19-14-23-24(29(4,5)13-12-28(23,2)3)15-22(19)30(16-33-18-34-17-30)21-8-6-20(7-9-21)27-25(31)10-11-26(27)32/h6-9,12-15,27H,10-11,16-18H2,1-5H3. The van der Waals surface area contributed by atoms with Gasteiger partial charge in [-0.25, -0.2) is 0 Å². The summed E-state index contributed by atoms with van der Waals surface area (Å²) in [6.45, 7) is 12.6. The summed E-state index contributed by atoms with van der Waals surface area (Å²) in [5.74, 6) is -0.551. The minimum atomic E-state index is -0.607. The summed E-state index contributed by atoms with van der Waals surface area (Å²) < 4.78 is 11.8. The van der Waals surface area contributed by atoms with Crippen LogP contribution in [0.3, 0.4) is 0 Å². The summed E-state index contributed by atoms with van der Waals surface area (Å²) in [6.07, 6.45) is 5.35. The van der Waals surface area contributed by atoms with Crippen LogP contribution in [0.5, 0.6) is 0 Å². The Morgan fingerprint density at radius 2 is 1.29 bits per heavy atom. The van der Waals surface area contributed by atoms with E-state index in [0.29, 0.717) is 26.1 Å². The topological polar surface area (TPSA) is 52.6 Å². The first-order chi connectivity index (χ1) is 16.1. The average molecular weight is 459 g/mol. The van der Waals surface area contributed by atoms with Crippen molar-refractivity contribution in [1.82, 2.24) is 0 Å². The zero-order valence-corrected chi connectivity index (χ0v) is 20.9. The van der Waals surface area contributed by atoms with Crippen molar-refractivity contribution in [3.8, 4) is 0 Å². The molecule has 3 aliphatic rings. The van der Waals surface area contributed by atoms with Gasteiger partial charge in [0.2, 0.25) is 0 Å². The lowest BCUT2D eigenvalue weighted by Crippen LogP contribution is -2.43. The zero-order valence-electron chi connectivity index (χ0n) is 20.9. The van der Waals surface area contributed by atoms with Gasteiger partial charge in [-0.3, -0.25) is 9.59 Å². The molecule has 0 N–H and O–H groups in total. The second kappa shape index (κ2) is 8.00. The van der Waals surface area contributed by atoms with Crippen LogP contribution in [0.25, 0.3) is 0 Å². The minimum Gasteiger partial charge on any atom is -0.354 e. The average Bonchev–Trinajstić information content (AvgIpc) is 3.15. The fourth-order valence-electron chi connectivity index (χ4n) is 5.98. The summed E-state index contributed by atoms with van der Waals surface area (Å²) in [4.78, 5) is 24.6. The van der Waals surface area contributed by atoms with Crippen molar-refractivity contribution in [3.05, 3.63) is 81.9 Å². The van der Waals surface area contributed by atoms with Crippen molar-refractivity contribution in [1.29, 1.82) is 0 Å². The summed E-state index contributed by atoms with van der Waals surface area (Å²) in [5.41, 5.74) is 6.46. The van der Waals surface area contributed by atoms with E-state index in [1.807, 2.05) is 12.1 Å². The smallest absolute Gasteiger partial charge is 0.148 e. The monoisotopic (exact) mass is 458 g/mol. The van der Waals surface area contributed by atoms with Crippen molar-refractivity contribution in [2.75, 3.05) is 20.0 Å². The molecule has 0 atom stereocenters. The lowest BCUT2D eigenvalue weighted by molar-refractivity contribution is -0.128. The van der Waals surface area contributed by atoms with Crippen LogP contribution in [0.2, 0.25) is 0 Å². The molecular weight excluding hydrogens is 424 g/mol. The van der Waals surface area contributed by atoms with Gasteiger partial charge in [0.1, 0.15) is 24.3 Å². The lowest BCUT2D eigenvalue weighted by atomic mass is 9.64. The SMILES string of the molecule is Cc1cc2c(cc1C1(c3ccc(C4C(=O)CCC4=O)cc3)COCOC1)C(C)(C)C=CC2(C)C. The number of Topliss-reactive ketones (excluding diaryl/α,β-unsaturated/α-hetero) is 2. The molecule has 5 rings (SSSR count). The Morgan fingerprint density at radius 1 is 0.765 bits per heavy atom. The van der Waals surface area contributed by atoms with Gasteiger partial charge in [0.25, 0.3) is 0 Å². The van der Waals surface area contributed by atoms with E-state index in [1.54, 1.807) is 0 Å². The first kappa shape index (κ1) is 23.2. The van der Waals surface area contributed by atoms with Crippen LogP contribution in [0.1, 0.15) is 79.8 Å². The van der Waals surface area contributed by atoms with Crippen LogP contribution >= 0.6 is 0 Å². The van der Waals surface area contributed by atoms with Crippen LogP contribution in [0.4, 0.5) is 0 Å². The number of allylic oxidation sites excluding steroid dienone is 2. The Hall–Kier alpha value is -2.56. The second-order valence-corrected chi connectivity index (χ2v) is 11.4. The van der Waals surface area contributed by atoms with Crippen molar-refractivity contribution in [2.45, 2.75) is 69.6 Å². The number of carbonyl (C=O) groups is 2. The Labute approximate surface area is 202 Å². The maximum atomic E-state index is 12.3. The number of benzene rings is 2. The maximum absolute atomic E-state index is 12.3. The van der Waals surface area contributed by atoms with E-state index >= 15 is 0 Å². The number of carbonyl (C=O) groups excluding carboxylic acids is 2. The van der Waals surface area contributed by atoms with E-state index in [-0.39, 0.29) is 29.2 Å². The molecule has 0 radical (unpaired) electrons. The number of ketones is 2. The molecule has 1 heterocycles. The lowest BCUT2D eigenvalue weighted by Gasteiger charge is -2.42. The Bertz CT molecular complexity index is 1160. The molecule has 2 aromatic rings. The van der Waals surface area contributed by atoms with Crippen LogP contribution in [-0.2, 0) is 35.3 Å². The molecule has 0 unspecified atom stereocenters. The summed E-state index contributed by atoms with van der Waals surface area (Å²) in [6, 6.07) is 12.7. The number of aryl methyl sites for hydroxylation is 1. The van der Waals surface area contributed by atoms with E-state index in [9.17, 15) is 9.59 Å². The number of rotatable bonds is 3. The van der Waals surface area contributed by atoms with Gasteiger partial charge in [-0.2, -0.15) is 0 Å². The normalized spacial score (nSPS) is 23.2. The van der Waals surface area contributed by atoms with Crippen LogP contribution in [0.15, 0.2) is 48.6 Å². The van der Waals surface area contributed by atoms with Crippen LogP contribution in [-0.4, -0.2) is 31.6 Å². The highest BCUT2D eigenvalue weighted by molar-refractivity contribution is 6.13. The van der Waals surface area contributed by atoms with Gasteiger partial charge in [-0.05, 0) is 40.3 Å². The molecule has 1 saturated heterocycles. The predicted octanol–water partition coefficient (Wildman–Crippen LogP) is 5.43. The highest BCUT2D eigenvalue weighted by Crippen LogP contribution is 2.46. The van der Waals surface area contributed by atoms with E-state index in [4.69, 9.17) is 9.47 Å². The highest BCUT2D eigenvalue weighted by atomic mass is 16.7. The van der Waals surface area contributed by atoms with Gasteiger partial charge >= 0.3 is 0 Å². The molecule has 4 heteroatoms. The molecule has 1 aliphatic heterocycles. The zero-order chi connectivity index (χ0) is 24.3. The van der Waals surface area contributed by atoms with E-state index in [2.05, 4.69) is 71.0 Å². The molecule has 34 heavy (non-hydrogen) atoms. The summed E-state index contributed by atoms with van der Waals surface area (Å²) in [5, 5.41) is 0. The summed E-state index contributed by atoms with van der Waals surface area (Å²) >= 11 is 0. The molecule has 2 aliphatic carbocycles. The van der Waals surface area contributed by atoms with Gasteiger partial charge in [-0.15, -0.1) is 0 Å². The predicted molar refractivity (Wildman–Crippen MR) is 132 cm³/mol. The molecule has 0 amide bonds. The third-order valence-electron chi connectivity index (χ3n) is 8.11. The molecule has 4 nitrogen and oxygen atoms in total. The molecular formula is C30H34O4. The van der Waals surface area contributed by atoms with Crippen molar-refractivity contribution in [3.63, 3.8) is 0 Å². The molecule has 0 spiro atoms. The first-order valence-electron chi connectivity index (χ1n) is 12.2.